The molecule has 0 aliphatic rings. The highest BCUT2D eigenvalue weighted by Crippen LogP contribution is 2.39. The quantitative estimate of drug-likeness (QED) is 0.154. The van der Waals surface area contributed by atoms with E-state index in [9.17, 15) is 0 Å². The Kier molecular flexibility index (Phi) is 9.10. The first-order chi connectivity index (χ1) is 30.2. The van der Waals surface area contributed by atoms with Gasteiger partial charge in [-0.1, -0.05) is 176 Å². The van der Waals surface area contributed by atoms with Crippen molar-refractivity contribution in [3.63, 3.8) is 0 Å². The van der Waals surface area contributed by atoms with Crippen molar-refractivity contribution >= 4 is 21.8 Å². The van der Waals surface area contributed by atoms with Gasteiger partial charge in [0, 0.05) is 33.0 Å². The molecule has 5 nitrogen and oxygen atoms in total. The lowest BCUT2D eigenvalue weighted by Crippen LogP contribution is -2.01. The first-order valence-corrected chi connectivity index (χ1v) is 20.5. The summed E-state index contributed by atoms with van der Waals surface area (Å²) in [4.78, 5) is 20.6. The minimum atomic E-state index is 0.609. The Bertz CT molecular complexity index is 3210. The summed E-state index contributed by atoms with van der Waals surface area (Å²) >= 11 is 0. The number of pyridine rings is 1. The van der Waals surface area contributed by atoms with Crippen molar-refractivity contribution < 1.29 is 0 Å². The lowest BCUT2D eigenvalue weighted by Gasteiger charge is -2.13. The first-order valence-electron chi connectivity index (χ1n) is 20.5. The molecule has 0 amide bonds. The van der Waals surface area contributed by atoms with Gasteiger partial charge in [0.15, 0.2) is 17.5 Å². The summed E-state index contributed by atoms with van der Waals surface area (Å²) in [5.74, 6) is 2.70. The normalized spacial score (nSPS) is 11.3. The number of nitrogens with zero attached hydrogens (tertiary/aromatic N) is 5. The van der Waals surface area contributed by atoms with Crippen molar-refractivity contribution in [3.8, 4) is 84.6 Å². The van der Waals surface area contributed by atoms with Crippen LogP contribution < -0.4 is 0 Å². The van der Waals surface area contributed by atoms with Gasteiger partial charge in [-0.05, 0) is 81.9 Å². The number of fused-ring (bicyclic) bond motifs is 3. The lowest BCUT2D eigenvalue weighted by atomic mass is 9.98. The van der Waals surface area contributed by atoms with Crippen molar-refractivity contribution in [3.05, 3.63) is 224 Å². The highest BCUT2D eigenvalue weighted by atomic mass is 15.1. The van der Waals surface area contributed by atoms with E-state index in [4.69, 9.17) is 19.9 Å². The van der Waals surface area contributed by atoms with Crippen LogP contribution in [0.5, 0.6) is 0 Å². The molecular weight excluding hydrogens is 743 g/mol. The zero-order valence-electron chi connectivity index (χ0n) is 33.1. The molecule has 5 heteroatoms. The average Bonchev–Trinajstić information content (AvgIpc) is 3.68. The number of hydrogen-bond donors (Lipinski definition) is 0. The van der Waals surface area contributed by atoms with Crippen molar-refractivity contribution in [2.24, 2.45) is 0 Å². The van der Waals surface area contributed by atoms with Gasteiger partial charge < -0.3 is 0 Å². The van der Waals surface area contributed by atoms with Crippen LogP contribution in [0, 0.1) is 0 Å². The average molecular weight is 780 g/mol. The number of benzene rings is 8. The fourth-order valence-electron chi connectivity index (χ4n) is 8.22. The monoisotopic (exact) mass is 779 g/mol. The Morgan fingerprint density at radius 3 is 1.18 bits per heavy atom. The Morgan fingerprint density at radius 2 is 0.639 bits per heavy atom. The minimum absolute atomic E-state index is 0.609. The second kappa shape index (κ2) is 15.5. The van der Waals surface area contributed by atoms with Crippen LogP contribution in [0.1, 0.15) is 0 Å². The van der Waals surface area contributed by atoms with Gasteiger partial charge in [-0.15, -0.1) is 0 Å². The Morgan fingerprint density at radius 1 is 0.246 bits per heavy atom. The van der Waals surface area contributed by atoms with Crippen molar-refractivity contribution in [1.29, 1.82) is 0 Å². The fraction of sp³-hybridized carbons (Fsp3) is 0. The standard InChI is InChI=1S/C56H37N5/c1-6-17-38(18-7-1)43-27-16-28-44(33-43)45-29-31-51-48(34-45)49-35-46(56-59-54(41-23-12-4-13-24-41)58-55(60-56)42-25-14-5-15-26-42)30-32-52(49)61(51)53-37-47(39-19-8-2-9-20-39)36-50(57-53)40-21-10-3-11-22-40/h1-37H. The topological polar surface area (TPSA) is 56.5 Å². The van der Waals surface area contributed by atoms with Crippen LogP contribution in [-0.2, 0) is 0 Å². The summed E-state index contributed by atoms with van der Waals surface area (Å²) in [5.41, 5.74) is 13.7. The smallest absolute Gasteiger partial charge is 0.164 e. The molecule has 3 heterocycles. The maximum atomic E-state index is 5.40. The molecule has 0 bridgehead atoms. The third-order valence-electron chi connectivity index (χ3n) is 11.2. The molecule has 11 rings (SSSR count). The van der Waals surface area contributed by atoms with Gasteiger partial charge in [0.05, 0.1) is 16.7 Å². The predicted molar refractivity (Wildman–Crippen MR) is 250 cm³/mol. The molecule has 0 saturated carbocycles. The van der Waals surface area contributed by atoms with Gasteiger partial charge in [0.1, 0.15) is 5.82 Å². The fourth-order valence-corrected chi connectivity index (χ4v) is 8.22. The van der Waals surface area contributed by atoms with Crippen LogP contribution in [0.25, 0.3) is 106 Å². The summed E-state index contributed by atoms with van der Waals surface area (Å²) in [6, 6.07) is 78.2. The molecule has 11 aromatic rings. The van der Waals surface area contributed by atoms with E-state index in [0.717, 1.165) is 77.8 Å². The molecule has 3 aromatic heterocycles. The van der Waals surface area contributed by atoms with Gasteiger partial charge in [-0.25, -0.2) is 19.9 Å². The molecule has 0 N–H and O–H groups in total. The first kappa shape index (κ1) is 35.8. The molecule has 61 heavy (non-hydrogen) atoms. The Balaban J connectivity index is 1.15. The summed E-state index contributed by atoms with van der Waals surface area (Å²) in [6.45, 7) is 0. The third kappa shape index (κ3) is 6.94. The van der Waals surface area contributed by atoms with E-state index >= 15 is 0 Å². The molecule has 0 saturated heterocycles. The van der Waals surface area contributed by atoms with Crippen LogP contribution in [0.3, 0.4) is 0 Å². The Hall–Kier alpha value is -8.28. The van der Waals surface area contributed by atoms with E-state index in [-0.39, 0.29) is 0 Å². The lowest BCUT2D eigenvalue weighted by molar-refractivity contribution is 1.07. The molecule has 0 spiro atoms. The summed E-state index contributed by atoms with van der Waals surface area (Å²) in [7, 11) is 0. The second-order valence-corrected chi connectivity index (χ2v) is 15.1. The molecule has 0 aliphatic heterocycles. The molecule has 0 unspecified atom stereocenters. The van der Waals surface area contributed by atoms with E-state index in [2.05, 4.69) is 162 Å². The van der Waals surface area contributed by atoms with Crippen LogP contribution >= 0.6 is 0 Å². The minimum Gasteiger partial charge on any atom is -0.294 e. The SMILES string of the molecule is c1ccc(-c2cccc(-c3ccc4c(c3)c3cc(-c5nc(-c6ccccc6)nc(-c6ccccc6)n5)ccc3n4-c3cc(-c4ccccc4)cc(-c4ccccc4)n3)c2)cc1. The summed E-state index contributed by atoms with van der Waals surface area (Å²) in [5, 5.41) is 2.18. The van der Waals surface area contributed by atoms with Crippen LogP contribution in [0.2, 0.25) is 0 Å². The van der Waals surface area contributed by atoms with Gasteiger partial charge in [0.2, 0.25) is 0 Å². The molecule has 286 valence electrons. The molecular formula is C56H37N5. The zero-order chi connectivity index (χ0) is 40.5. The van der Waals surface area contributed by atoms with Crippen LogP contribution in [0.15, 0.2) is 224 Å². The van der Waals surface area contributed by atoms with Gasteiger partial charge in [-0.2, -0.15) is 0 Å². The van der Waals surface area contributed by atoms with Crippen molar-refractivity contribution in [2.75, 3.05) is 0 Å². The summed E-state index contributed by atoms with van der Waals surface area (Å²) in [6.07, 6.45) is 0. The van der Waals surface area contributed by atoms with E-state index in [1.54, 1.807) is 0 Å². The molecule has 0 atom stereocenters. The van der Waals surface area contributed by atoms with E-state index in [0.29, 0.717) is 17.5 Å². The summed E-state index contributed by atoms with van der Waals surface area (Å²) < 4.78 is 2.30. The highest BCUT2D eigenvalue weighted by molar-refractivity contribution is 6.11. The predicted octanol–water partition coefficient (Wildman–Crippen LogP) is 14.0. The third-order valence-corrected chi connectivity index (χ3v) is 11.2. The second-order valence-electron chi connectivity index (χ2n) is 15.1. The number of rotatable bonds is 8. The maximum absolute atomic E-state index is 5.40. The molecule has 8 aromatic carbocycles. The van der Waals surface area contributed by atoms with Gasteiger partial charge in [0.25, 0.3) is 0 Å². The maximum Gasteiger partial charge on any atom is 0.164 e. The van der Waals surface area contributed by atoms with Crippen LogP contribution in [-0.4, -0.2) is 24.5 Å². The van der Waals surface area contributed by atoms with E-state index in [1.165, 1.54) is 11.1 Å². The van der Waals surface area contributed by atoms with Crippen molar-refractivity contribution in [1.82, 2.24) is 24.5 Å². The zero-order valence-corrected chi connectivity index (χ0v) is 33.1. The van der Waals surface area contributed by atoms with Crippen molar-refractivity contribution in [2.45, 2.75) is 0 Å². The van der Waals surface area contributed by atoms with Gasteiger partial charge in [-0.3, -0.25) is 4.57 Å². The number of hydrogen-bond acceptors (Lipinski definition) is 4. The molecule has 0 fully saturated rings. The highest BCUT2D eigenvalue weighted by Gasteiger charge is 2.19. The largest absolute Gasteiger partial charge is 0.294 e. The van der Waals surface area contributed by atoms with E-state index < -0.39 is 0 Å². The van der Waals surface area contributed by atoms with Crippen LogP contribution in [0.4, 0.5) is 0 Å². The van der Waals surface area contributed by atoms with Gasteiger partial charge >= 0.3 is 0 Å². The van der Waals surface area contributed by atoms with E-state index in [1.807, 2.05) is 66.7 Å². The number of aromatic nitrogens is 5. The molecule has 0 aliphatic carbocycles. The molecule has 0 radical (unpaired) electrons. The Labute approximate surface area is 354 Å².